The fourth-order valence-corrected chi connectivity index (χ4v) is 2.11. The number of hydrogen-bond acceptors (Lipinski definition) is 5. The minimum absolute atomic E-state index is 0. The van der Waals surface area contributed by atoms with Crippen molar-refractivity contribution >= 4 is 7.60 Å². The fourth-order valence-electron chi connectivity index (χ4n) is 1.75. The van der Waals surface area contributed by atoms with E-state index in [9.17, 15) is 14.2 Å². The predicted octanol–water partition coefficient (Wildman–Crippen LogP) is -0.300. The van der Waals surface area contributed by atoms with E-state index >= 15 is 0 Å². The summed E-state index contributed by atoms with van der Waals surface area (Å²) < 4.78 is 22.1. The van der Waals surface area contributed by atoms with E-state index in [1.54, 1.807) is 0 Å². The molecule has 2 heterocycles. The van der Waals surface area contributed by atoms with Crippen LogP contribution in [0.3, 0.4) is 0 Å². The monoisotopic (exact) mass is 310 g/mol. The van der Waals surface area contributed by atoms with Crippen molar-refractivity contribution in [3.05, 3.63) is 33.1 Å². The van der Waals surface area contributed by atoms with Crippen LogP contribution >= 0.6 is 7.60 Å². The number of ether oxygens (including phenoxy) is 2. The summed E-state index contributed by atoms with van der Waals surface area (Å²) in [6.45, 7) is 0. The lowest BCUT2D eigenvalue weighted by molar-refractivity contribution is -0.142. The molecule has 114 valence electrons. The lowest BCUT2D eigenvalue weighted by Gasteiger charge is -2.16. The summed E-state index contributed by atoms with van der Waals surface area (Å²) in [6, 6.07) is 1.19. The summed E-state index contributed by atoms with van der Waals surface area (Å²) in [7, 11) is -4.24. The van der Waals surface area contributed by atoms with Gasteiger partial charge >= 0.3 is 13.3 Å². The van der Waals surface area contributed by atoms with Crippen molar-refractivity contribution < 1.29 is 23.8 Å². The highest BCUT2D eigenvalue weighted by Crippen LogP contribution is 2.36. The van der Waals surface area contributed by atoms with Crippen LogP contribution in [-0.4, -0.2) is 32.0 Å². The Morgan fingerprint density at radius 2 is 2.15 bits per heavy atom. The summed E-state index contributed by atoms with van der Waals surface area (Å²) in [6.07, 6.45) is 0.0124. The van der Waals surface area contributed by atoms with Gasteiger partial charge in [-0.1, -0.05) is 0 Å². The third kappa shape index (κ3) is 4.37. The molecule has 0 radical (unpaired) electrons. The SMILES string of the molecule is O=c1ccn(C2CCC(OCP(=O)(O)O)O2)c(=O)[nH]1.[NH4+]. The maximum atomic E-state index is 11.5. The van der Waals surface area contributed by atoms with Gasteiger partial charge in [-0.2, -0.15) is 0 Å². The predicted molar refractivity (Wildman–Crippen MR) is 68.4 cm³/mol. The van der Waals surface area contributed by atoms with Crippen LogP contribution in [-0.2, 0) is 14.0 Å². The number of nitrogens with zero attached hydrogens (tertiary/aromatic N) is 1. The number of aromatic amines is 1. The van der Waals surface area contributed by atoms with Gasteiger partial charge in [0.05, 0.1) is 0 Å². The van der Waals surface area contributed by atoms with Crippen molar-refractivity contribution in [1.29, 1.82) is 0 Å². The number of H-pyrrole nitrogens is 1. The first kappa shape index (κ1) is 16.8. The molecule has 1 aliphatic rings. The van der Waals surface area contributed by atoms with Gasteiger partial charge in [-0.15, -0.1) is 0 Å². The van der Waals surface area contributed by atoms with Gasteiger partial charge in [0.15, 0.2) is 12.6 Å². The van der Waals surface area contributed by atoms with Crippen molar-refractivity contribution in [2.45, 2.75) is 25.4 Å². The zero-order valence-electron chi connectivity index (χ0n) is 10.8. The molecule has 1 aromatic heterocycles. The Bertz CT molecular complexity index is 606. The van der Waals surface area contributed by atoms with Gasteiger partial charge in [0, 0.05) is 18.7 Å². The fraction of sp³-hybridized carbons (Fsp3) is 0.556. The highest BCUT2D eigenvalue weighted by Gasteiger charge is 2.29. The van der Waals surface area contributed by atoms with E-state index in [0.29, 0.717) is 12.8 Å². The number of hydrogen-bond donors (Lipinski definition) is 4. The molecule has 2 atom stereocenters. The second kappa shape index (κ2) is 6.44. The van der Waals surface area contributed by atoms with Crippen LogP contribution in [0.25, 0.3) is 0 Å². The molecular weight excluding hydrogens is 293 g/mol. The molecule has 0 amide bonds. The zero-order chi connectivity index (χ0) is 14.0. The molecule has 2 unspecified atom stereocenters. The minimum Gasteiger partial charge on any atom is -0.369 e. The smallest absolute Gasteiger partial charge is 0.351 e. The van der Waals surface area contributed by atoms with Crippen LogP contribution in [0.1, 0.15) is 19.1 Å². The van der Waals surface area contributed by atoms with Crippen LogP contribution in [0.4, 0.5) is 0 Å². The summed E-state index contributed by atoms with van der Waals surface area (Å²) in [5.74, 6) is 0. The first-order valence-electron chi connectivity index (χ1n) is 5.48. The molecule has 1 fully saturated rings. The molecule has 1 saturated heterocycles. The standard InChI is InChI=1S/C9H13N2O7P.H3N/c12-6-3-4-11(9(13)10-6)7-1-2-8(18-7)17-5-19(14,15)16;/h3-4,7-8H,1-2,5H2,(H,10,12,13)(H2,14,15,16);1H3/p+1. The zero-order valence-corrected chi connectivity index (χ0v) is 11.7. The Morgan fingerprint density at radius 3 is 2.75 bits per heavy atom. The van der Waals surface area contributed by atoms with Gasteiger partial charge in [-0.25, -0.2) is 4.79 Å². The summed E-state index contributed by atoms with van der Waals surface area (Å²) in [5.41, 5.74) is -1.11. The third-order valence-corrected chi connectivity index (χ3v) is 3.03. The molecule has 1 aromatic rings. The summed E-state index contributed by atoms with van der Waals surface area (Å²) in [5, 5.41) is 0. The maximum Gasteiger partial charge on any atom is 0.351 e. The van der Waals surface area contributed by atoms with E-state index in [2.05, 4.69) is 4.98 Å². The number of rotatable bonds is 4. The molecule has 0 bridgehead atoms. The van der Waals surface area contributed by atoms with Gasteiger partial charge in [0.25, 0.3) is 5.56 Å². The topological polar surface area (TPSA) is 167 Å². The third-order valence-electron chi connectivity index (χ3n) is 2.55. The lowest BCUT2D eigenvalue weighted by atomic mass is 10.3. The molecule has 0 spiro atoms. The van der Waals surface area contributed by atoms with Crippen molar-refractivity contribution in [1.82, 2.24) is 15.7 Å². The van der Waals surface area contributed by atoms with Crippen molar-refractivity contribution in [3.8, 4) is 0 Å². The Labute approximate surface area is 113 Å². The summed E-state index contributed by atoms with van der Waals surface area (Å²) >= 11 is 0. The highest BCUT2D eigenvalue weighted by atomic mass is 31.2. The quantitative estimate of drug-likeness (QED) is 0.553. The van der Waals surface area contributed by atoms with E-state index in [0.717, 1.165) is 0 Å². The minimum atomic E-state index is -4.24. The second-order valence-electron chi connectivity index (χ2n) is 4.08. The van der Waals surface area contributed by atoms with Crippen molar-refractivity contribution in [2.75, 3.05) is 6.35 Å². The Hall–Kier alpha value is -1.29. The highest BCUT2D eigenvalue weighted by molar-refractivity contribution is 7.51. The van der Waals surface area contributed by atoms with E-state index in [1.165, 1.54) is 16.8 Å². The van der Waals surface area contributed by atoms with E-state index < -0.39 is 37.7 Å². The van der Waals surface area contributed by atoms with Crippen molar-refractivity contribution in [3.63, 3.8) is 0 Å². The van der Waals surface area contributed by atoms with Gasteiger partial charge in [-0.05, 0) is 6.42 Å². The number of aromatic nitrogens is 2. The largest absolute Gasteiger partial charge is 0.369 e. The molecule has 20 heavy (non-hydrogen) atoms. The molecule has 11 heteroatoms. The van der Waals surface area contributed by atoms with Gasteiger partial charge in [0.1, 0.15) is 6.23 Å². The van der Waals surface area contributed by atoms with Crippen LogP contribution < -0.4 is 17.4 Å². The van der Waals surface area contributed by atoms with E-state index in [-0.39, 0.29) is 6.15 Å². The van der Waals surface area contributed by atoms with E-state index in [4.69, 9.17) is 19.3 Å². The first-order chi connectivity index (χ1) is 8.85. The Morgan fingerprint density at radius 1 is 1.45 bits per heavy atom. The van der Waals surface area contributed by atoms with E-state index in [1.807, 2.05) is 0 Å². The summed E-state index contributed by atoms with van der Waals surface area (Å²) in [4.78, 5) is 41.9. The lowest BCUT2D eigenvalue weighted by Crippen LogP contribution is -2.31. The molecule has 2 rings (SSSR count). The first-order valence-corrected chi connectivity index (χ1v) is 7.28. The molecule has 7 N–H and O–H groups in total. The average molecular weight is 310 g/mol. The second-order valence-corrected chi connectivity index (χ2v) is 5.66. The van der Waals surface area contributed by atoms with Crippen LogP contribution in [0.15, 0.2) is 21.9 Å². The Kier molecular flexibility index (Phi) is 5.40. The van der Waals surface area contributed by atoms with Gasteiger partial charge in [0.2, 0.25) is 0 Å². The Balaban J connectivity index is 0.00000200. The van der Waals surface area contributed by atoms with Gasteiger partial charge < -0.3 is 25.4 Å². The van der Waals surface area contributed by atoms with Gasteiger partial charge in [-0.3, -0.25) is 18.9 Å². The van der Waals surface area contributed by atoms with Crippen molar-refractivity contribution in [2.24, 2.45) is 0 Å². The number of quaternary nitrogens is 1. The maximum absolute atomic E-state index is 11.5. The number of nitrogens with one attached hydrogen (secondary N) is 1. The normalized spacial score (nSPS) is 22.5. The average Bonchev–Trinajstić information content (AvgIpc) is 2.74. The molecule has 0 saturated carbocycles. The van der Waals surface area contributed by atoms with Crippen LogP contribution in [0, 0.1) is 0 Å². The molecular formula is C9H17N3O7P+. The molecule has 1 aliphatic heterocycles. The van der Waals surface area contributed by atoms with Crippen LogP contribution in [0.2, 0.25) is 0 Å². The molecule has 0 aromatic carbocycles. The molecule has 0 aliphatic carbocycles. The molecule has 10 nitrogen and oxygen atoms in total. The van der Waals surface area contributed by atoms with Crippen LogP contribution in [0.5, 0.6) is 0 Å².